The van der Waals surface area contributed by atoms with Crippen LogP contribution in [0.1, 0.15) is 42.6 Å². The van der Waals surface area contributed by atoms with E-state index < -0.39 is 11.6 Å². The Balaban J connectivity index is 1.66. The van der Waals surface area contributed by atoms with E-state index in [-0.39, 0.29) is 39.9 Å². The lowest BCUT2D eigenvalue weighted by atomic mass is 9.91. The molecule has 0 saturated carbocycles. The number of carboxylic acids is 1. The summed E-state index contributed by atoms with van der Waals surface area (Å²) in [5.74, 6) is -1.42. The third-order valence-electron chi connectivity index (χ3n) is 4.95. The maximum Gasteiger partial charge on any atom is 0.410 e. The number of carboxylic acid groups (broad SMARTS) is 1. The molecule has 3 N–H and O–H groups in total. The fourth-order valence-corrected chi connectivity index (χ4v) is 3.40. The number of nitrogen functional groups attached to an aromatic ring is 1. The fourth-order valence-electron chi connectivity index (χ4n) is 3.40. The predicted molar refractivity (Wildman–Crippen MR) is 110 cm³/mol. The normalized spacial score (nSPS) is 14.7. The molecule has 1 aliphatic heterocycles. The lowest BCUT2D eigenvalue weighted by Crippen LogP contribution is -2.50. The Labute approximate surface area is 171 Å². The average molecular weight is 411 g/mol. The summed E-state index contributed by atoms with van der Waals surface area (Å²) in [6, 6.07) is 6.41. The van der Waals surface area contributed by atoms with Crippen LogP contribution in [0.2, 0.25) is 0 Å². The van der Waals surface area contributed by atoms with Crippen molar-refractivity contribution >= 4 is 39.9 Å². The molecular weight excluding hydrogens is 390 g/mol. The third kappa shape index (κ3) is 3.42. The van der Waals surface area contributed by atoms with E-state index in [1.165, 1.54) is 6.07 Å². The molecule has 156 valence electrons. The van der Waals surface area contributed by atoms with Crippen LogP contribution in [0.4, 0.5) is 10.6 Å². The van der Waals surface area contributed by atoms with E-state index in [4.69, 9.17) is 14.9 Å². The third-order valence-corrected chi connectivity index (χ3v) is 4.95. The molecule has 30 heavy (non-hydrogen) atoms. The number of hydrogen-bond donors (Lipinski definition) is 2. The topological polar surface area (TPSA) is 136 Å². The number of rotatable bonds is 2. The summed E-state index contributed by atoms with van der Waals surface area (Å²) in [7, 11) is 0. The summed E-state index contributed by atoms with van der Waals surface area (Å²) >= 11 is 0. The molecule has 9 nitrogen and oxygen atoms in total. The van der Waals surface area contributed by atoms with Crippen molar-refractivity contribution in [2.75, 3.05) is 18.8 Å². The van der Waals surface area contributed by atoms with Gasteiger partial charge in [0.05, 0.1) is 10.8 Å². The molecule has 2 aromatic heterocycles. The molecular formula is C21H21N3O6. The molecule has 0 spiro atoms. The van der Waals surface area contributed by atoms with Crippen molar-refractivity contribution in [1.82, 2.24) is 9.88 Å². The summed E-state index contributed by atoms with van der Waals surface area (Å²) in [6.07, 6.45) is -0.366. The molecule has 9 heteroatoms. The van der Waals surface area contributed by atoms with Gasteiger partial charge in [0.15, 0.2) is 0 Å². The van der Waals surface area contributed by atoms with Crippen LogP contribution in [0.15, 0.2) is 33.5 Å². The van der Waals surface area contributed by atoms with Crippen molar-refractivity contribution < 1.29 is 23.8 Å². The summed E-state index contributed by atoms with van der Waals surface area (Å²) in [5, 5.41) is 9.60. The van der Waals surface area contributed by atoms with Gasteiger partial charge in [-0.15, -0.1) is 0 Å². The molecule has 0 radical (unpaired) electrons. The number of anilines is 1. The molecule has 0 atom stereocenters. The Morgan fingerprint density at radius 2 is 1.93 bits per heavy atom. The quantitative estimate of drug-likeness (QED) is 0.614. The molecule has 4 rings (SSSR count). The highest BCUT2D eigenvalue weighted by Gasteiger charge is 2.34. The molecule has 3 aromatic rings. The van der Waals surface area contributed by atoms with Gasteiger partial charge < -0.3 is 24.9 Å². The number of benzene rings is 1. The summed E-state index contributed by atoms with van der Waals surface area (Å²) in [5.41, 5.74) is 5.66. The van der Waals surface area contributed by atoms with Crippen LogP contribution >= 0.6 is 0 Å². The van der Waals surface area contributed by atoms with Gasteiger partial charge in [-0.05, 0) is 44.5 Å². The maximum absolute atomic E-state index is 13.0. The number of amides is 1. The minimum atomic E-state index is -1.27. The number of aromatic nitrogens is 1. The molecule has 0 bridgehead atoms. The first-order chi connectivity index (χ1) is 14.0. The van der Waals surface area contributed by atoms with Crippen LogP contribution in [0.5, 0.6) is 0 Å². The van der Waals surface area contributed by atoms with Crippen LogP contribution in [0, 0.1) is 0 Å². The standard InChI is InChI=1S/C21H21N3O6/c1-21(2,3)30-20(28)24-8-11(9-24)10-4-5-15-12(6-10)16(25)13-7-14(19(26)27)17(22)23-18(13)29-15/h4-7,11H,8-9H2,1-3H3,(H2,22,23)(H,26,27). The number of nitrogens with two attached hydrogens (primary N) is 1. The maximum atomic E-state index is 13.0. The first-order valence-corrected chi connectivity index (χ1v) is 9.41. The lowest BCUT2D eigenvalue weighted by molar-refractivity contribution is 0.00819. The second kappa shape index (κ2) is 6.72. The Morgan fingerprint density at radius 1 is 1.23 bits per heavy atom. The number of carbonyl (C=O) groups excluding carboxylic acids is 1. The molecule has 1 amide bonds. The van der Waals surface area contributed by atoms with Crippen LogP contribution < -0.4 is 11.2 Å². The van der Waals surface area contributed by atoms with E-state index in [0.717, 1.165) is 5.56 Å². The minimum Gasteiger partial charge on any atom is -0.478 e. The van der Waals surface area contributed by atoms with Crippen LogP contribution in [-0.2, 0) is 4.74 Å². The highest BCUT2D eigenvalue weighted by molar-refractivity contribution is 5.98. The van der Waals surface area contributed by atoms with Crippen molar-refractivity contribution in [2.45, 2.75) is 32.3 Å². The monoisotopic (exact) mass is 411 g/mol. The van der Waals surface area contributed by atoms with Crippen molar-refractivity contribution in [3.8, 4) is 0 Å². The summed E-state index contributed by atoms with van der Waals surface area (Å²) in [6.45, 7) is 6.41. The van der Waals surface area contributed by atoms with E-state index in [9.17, 15) is 19.5 Å². The Kier molecular flexibility index (Phi) is 4.41. The Hall–Kier alpha value is -3.62. The number of carbonyl (C=O) groups is 2. The van der Waals surface area contributed by atoms with Crippen molar-refractivity contribution in [3.05, 3.63) is 45.6 Å². The number of hydrogen-bond acceptors (Lipinski definition) is 7. The number of pyridine rings is 1. The van der Waals surface area contributed by atoms with Gasteiger partial charge in [0, 0.05) is 19.0 Å². The lowest BCUT2D eigenvalue weighted by Gasteiger charge is -2.40. The second-order valence-corrected chi connectivity index (χ2v) is 8.35. The highest BCUT2D eigenvalue weighted by atomic mass is 16.6. The van der Waals surface area contributed by atoms with Crippen molar-refractivity contribution in [1.29, 1.82) is 0 Å². The van der Waals surface area contributed by atoms with E-state index in [1.54, 1.807) is 17.0 Å². The number of nitrogens with zero attached hydrogens (tertiary/aromatic N) is 2. The van der Waals surface area contributed by atoms with Crippen molar-refractivity contribution in [2.24, 2.45) is 0 Å². The molecule has 1 fully saturated rings. The number of likely N-dealkylation sites (tertiary alicyclic amines) is 1. The van der Waals surface area contributed by atoms with Gasteiger partial charge in [0.2, 0.25) is 11.1 Å². The Bertz CT molecular complexity index is 1250. The van der Waals surface area contributed by atoms with Gasteiger partial charge in [0.1, 0.15) is 22.6 Å². The molecule has 1 saturated heterocycles. The largest absolute Gasteiger partial charge is 0.478 e. The zero-order valence-electron chi connectivity index (χ0n) is 16.8. The zero-order valence-corrected chi connectivity index (χ0v) is 16.8. The SMILES string of the molecule is CC(C)(C)OC(=O)N1CC(c2ccc3oc4nc(N)c(C(=O)O)cc4c(=O)c3c2)C1. The number of ether oxygens (including phenoxy) is 1. The molecule has 1 aromatic carbocycles. The predicted octanol–water partition coefficient (Wildman–Crippen LogP) is 2.96. The molecule has 1 aliphatic rings. The average Bonchev–Trinajstić information content (AvgIpc) is 2.58. The van der Waals surface area contributed by atoms with Crippen LogP contribution in [-0.4, -0.2) is 45.7 Å². The van der Waals surface area contributed by atoms with Gasteiger partial charge in [-0.25, -0.2) is 9.59 Å². The first kappa shape index (κ1) is 19.7. The molecule has 3 heterocycles. The highest BCUT2D eigenvalue weighted by Crippen LogP contribution is 2.31. The summed E-state index contributed by atoms with van der Waals surface area (Å²) in [4.78, 5) is 41.9. The summed E-state index contributed by atoms with van der Waals surface area (Å²) < 4.78 is 11.0. The van der Waals surface area contributed by atoms with Gasteiger partial charge >= 0.3 is 12.1 Å². The van der Waals surface area contributed by atoms with Gasteiger partial charge in [-0.2, -0.15) is 4.98 Å². The van der Waals surface area contributed by atoms with Crippen LogP contribution in [0.25, 0.3) is 22.1 Å². The Morgan fingerprint density at radius 3 is 2.57 bits per heavy atom. The minimum absolute atomic E-state index is 0.0116. The van der Waals surface area contributed by atoms with E-state index >= 15 is 0 Å². The van der Waals surface area contributed by atoms with E-state index in [2.05, 4.69) is 4.98 Å². The second-order valence-electron chi connectivity index (χ2n) is 8.35. The number of fused-ring (bicyclic) bond motifs is 2. The van der Waals surface area contributed by atoms with Crippen LogP contribution in [0.3, 0.4) is 0 Å². The van der Waals surface area contributed by atoms with E-state index in [1.807, 2.05) is 26.8 Å². The number of aromatic carboxylic acids is 1. The fraction of sp³-hybridized carbons (Fsp3) is 0.333. The van der Waals surface area contributed by atoms with Gasteiger partial charge in [-0.3, -0.25) is 4.79 Å². The van der Waals surface area contributed by atoms with Gasteiger partial charge in [0.25, 0.3) is 0 Å². The molecule has 0 aliphatic carbocycles. The zero-order chi connectivity index (χ0) is 21.8. The smallest absolute Gasteiger partial charge is 0.410 e. The van der Waals surface area contributed by atoms with Crippen molar-refractivity contribution in [3.63, 3.8) is 0 Å². The van der Waals surface area contributed by atoms with Gasteiger partial charge in [-0.1, -0.05) is 6.07 Å². The molecule has 0 unspecified atom stereocenters. The first-order valence-electron chi connectivity index (χ1n) is 9.41. The van der Waals surface area contributed by atoms with E-state index in [0.29, 0.717) is 24.1 Å².